The van der Waals surface area contributed by atoms with Gasteiger partial charge in [0.05, 0.1) is 24.8 Å². The molecule has 0 bridgehead atoms. The fourth-order valence-corrected chi connectivity index (χ4v) is 2.44. The molecule has 1 aromatic rings. The van der Waals surface area contributed by atoms with Gasteiger partial charge < -0.3 is 15.0 Å². The van der Waals surface area contributed by atoms with Crippen LogP contribution in [0.5, 0.6) is 0 Å². The maximum Gasteiger partial charge on any atom is 0.254 e. The van der Waals surface area contributed by atoms with E-state index in [9.17, 15) is 14.0 Å². The maximum absolute atomic E-state index is 13.5. The van der Waals surface area contributed by atoms with Gasteiger partial charge in [-0.25, -0.2) is 4.39 Å². The summed E-state index contributed by atoms with van der Waals surface area (Å²) < 4.78 is 18.4. The van der Waals surface area contributed by atoms with Crippen LogP contribution in [0.1, 0.15) is 29.6 Å². The van der Waals surface area contributed by atoms with Crippen molar-refractivity contribution in [1.82, 2.24) is 15.2 Å². The Morgan fingerprint density at radius 1 is 1.45 bits per heavy atom. The van der Waals surface area contributed by atoms with Crippen LogP contribution in [-0.4, -0.2) is 54.5 Å². The van der Waals surface area contributed by atoms with E-state index in [0.29, 0.717) is 39.0 Å². The maximum atomic E-state index is 13.5. The molecule has 2 rings (SSSR count). The molecule has 0 aliphatic carbocycles. The van der Waals surface area contributed by atoms with E-state index in [1.165, 1.54) is 12.3 Å². The molecule has 0 spiro atoms. The highest BCUT2D eigenvalue weighted by Gasteiger charge is 2.24. The number of halogens is 1. The third kappa shape index (κ3) is 4.24. The molecular weight excluding hydrogens is 289 g/mol. The largest absolute Gasteiger partial charge is 0.384 e. The van der Waals surface area contributed by atoms with Gasteiger partial charge in [-0.1, -0.05) is 0 Å². The van der Waals surface area contributed by atoms with E-state index in [1.807, 2.05) is 0 Å². The van der Waals surface area contributed by atoms with E-state index in [2.05, 4.69) is 10.3 Å². The topological polar surface area (TPSA) is 71.5 Å². The van der Waals surface area contributed by atoms with Gasteiger partial charge in [0.2, 0.25) is 5.91 Å². The fraction of sp³-hybridized carbons (Fsp3) is 0.533. The molecule has 7 heteroatoms. The molecular formula is C15H20FN3O3. The van der Waals surface area contributed by atoms with Gasteiger partial charge in [-0.05, 0) is 18.9 Å². The highest BCUT2D eigenvalue weighted by molar-refractivity contribution is 5.94. The second kappa shape index (κ2) is 7.84. The Balaban J connectivity index is 1.81. The molecule has 1 aliphatic heterocycles. The zero-order chi connectivity index (χ0) is 15.9. The predicted molar refractivity (Wildman–Crippen MR) is 77.8 cm³/mol. The van der Waals surface area contributed by atoms with E-state index < -0.39 is 11.7 Å². The van der Waals surface area contributed by atoms with Crippen molar-refractivity contribution in [1.29, 1.82) is 0 Å². The third-order valence-electron chi connectivity index (χ3n) is 3.72. The molecule has 0 radical (unpaired) electrons. The molecule has 120 valence electrons. The van der Waals surface area contributed by atoms with Crippen molar-refractivity contribution in [2.75, 3.05) is 26.8 Å². The zero-order valence-corrected chi connectivity index (χ0v) is 12.5. The van der Waals surface area contributed by atoms with Crippen LogP contribution in [0, 0.1) is 5.82 Å². The molecule has 6 nitrogen and oxygen atoms in total. The van der Waals surface area contributed by atoms with Gasteiger partial charge in [-0.2, -0.15) is 0 Å². The lowest BCUT2D eigenvalue weighted by Crippen LogP contribution is -2.46. The first-order valence-electron chi connectivity index (χ1n) is 7.29. The SMILES string of the molecule is COCCC(=O)N1CCC(NC(=O)c2ccncc2F)CC1. The number of hydrogen-bond donors (Lipinski definition) is 1. The predicted octanol–water partition coefficient (Wildman–Crippen LogP) is 0.978. The molecule has 2 heterocycles. The quantitative estimate of drug-likeness (QED) is 0.880. The number of carbonyl (C=O) groups excluding carboxylic acids is 2. The Labute approximate surface area is 128 Å². The van der Waals surface area contributed by atoms with Crippen molar-refractivity contribution >= 4 is 11.8 Å². The standard InChI is InChI=1S/C15H20FN3O3/c1-22-9-5-14(20)19-7-3-11(4-8-19)18-15(21)12-2-6-17-10-13(12)16/h2,6,10-11H,3-5,7-9H2,1H3,(H,18,21). The Hall–Kier alpha value is -2.02. The molecule has 1 N–H and O–H groups in total. The first-order chi connectivity index (χ1) is 10.6. The Morgan fingerprint density at radius 2 is 2.18 bits per heavy atom. The van der Waals surface area contributed by atoms with Crippen molar-refractivity contribution in [3.8, 4) is 0 Å². The average molecular weight is 309 g/mol. The molecule has 0 aromatic carbocycles. The number of methoxy groups -OCH3 is 1. The van der Waals surface area contributed by atoms with E-state index in [1.54, 1.807) is 12.0 Å². The molecule has 0 unspecified atom stereocenters. The number of pyridine rings is 1. The number of rotatable bonds is 5. The Bertz CT molecular complexity index is 531. The van der Waals surface area contributed by atoms with E-state index in [0.717, 1.165) is 6.20 Å². The number of nitrogens with zero attached hydrogens (tertiary/aromatic N) is 2. The number of carbonyl (C=O) groups is 2. The number of hydrogen-bond acceptors (Lipinski definition) is 4. The summed E-state index contributed by atoms with van der Waals surface area (Å²) in [5.74, 6) is -1.01. The number of nitrogens with one attached hydrogen (secondary N) is 1. The summed E-state index contributed by atoms with van der Waals surface area (Å²) in [5.41, 5.74) is -0.00593. The lowest BCUT2D eigenvalue weighted by atomic mass is 10.0. The van der Waals surface area contributed by atoms with Gasteiger partial charge in [0, 0.05) is 32.4 Å². The molecule has 0 atom stereocenters. The van der Waals surface area contributed by atoms with Gasteiger partial charge in [0.25, 0.3) is 5.91 Å². The first-order valence-corrected chi connectivity index (χ1v) is 7.29. The summed E-state index contributed by atoms with van der Waals surface area (Å²) in [5, 5.41) is 2.81. The van der Waals surface area contributed by atoms with Crippen LogP contribution in [-0.2, 0) is 9.53 Å². The summed E-state index contributed by atoms with van der Waals surface area (Å²) in [6.07, 6.45) is 4.10. The second-order valence-corrected chi connectivity index (χ2v) is 5.23. The molecule has 2 amide bonds. The van der Waals surface area contributed by atoms with E-state index in [-0.39, 0.29) is 17.5 Å². The number of ether oxygens (including phenoxy) is 1. The fourth-order valence-electron chi connectivity index (χ4n) is 2.44. The van der Waals surface area contributed by atoms with Gasteiger partial charge in [0.15, 0.2) is 5.82 Å². The minimum absolute atomic E-state index is 0.00593. The lowest BCUT2D eigenvalue weighted by Gasteiger charge is -2.32. The van der Waals surface area contributed by atoms with Crippen LogP contribution in [0.3, 0.4) is 0 Å². The van der Waals surface area contributed by atoms with Crippen LogP contribution in [0.15, 0.2) is 18.5 Å². The van der Waals surface area contributed by atoms with Crippen LogP contribution >= 0.6 is 0 Å². The minimum Gasteiger partial charge on any atom is -0.384 e. The molecule has 22 heavy (non-hydrogen) atoms. The van der Waals surface area contributed by atoms with Gasteiger partial charge >= 0.3 is 0 Å². The summed E-state index contributed by atoms with van der Waals surface area (Å²) in [6, 6.07) is 1.31. The number of piperidine rings is 1. The van der Waals surface area contributed by atoms with Crippen LogP contribution in [0.2, 0.25) is 0 Å². The highest BCUT2D eigenvalue weighted by atomic mass is 19.1. The molecule has 1 aliphatic rings. The molecule has 0 saturated carbocycles. The summed E-state index contributed by atoms with van der Waals surface area (Å²) in [6.45, 7) is 1.59. The minimum atomic E-state index is -0.632. The number of aromatic nitrogens is 1. The Morgan fingerprint density at radius 3 is 2.82 bits per heavy atom. The number of likely N-dealkylation sites (tertiary alicyclic amines) is 1. The van der Waals surface area contributed by atoms with Crippen molar-refractivity contribution in [2.45, 2.75) is 25.3 Å². The first kappa shape index (κ1) is 16.4. The van der Waals surface area contributed by atoms with Crippen molar-refractivity contribution in [3.05, 3.63) is 29.8 Å². The van der Waals surface area contributed by atoms with Crippen molar-refractivity contribution in [2.24, 2.45) is 0 Å². The van der Waals surface area contributed by atoms with Crippen molar-refractivity contribution in [3.63, 3.8) is 0 Å². The van der Waals surface area contributed by atoms with Gasteiger partial charge in [-0.3, -0.25) is 14.6 Å². The molecule has 1 aromatic heterocycles. The summed E-state index contributed by atoms with van der Waals surface area (Å²) in [7, 11) is 1.56. The highest BCUT2D eigenvalue weighted by Crippen LogP contribution is 2.13. The third-order valence-corrected chi connectivity index (χ3v) is 3.72. The molecule has 1 fully saturated rings. The lowest BCUT2D eigenvalue weighted by molar-refractivity contribution is -0.133. The van der Waals surface area contributed by atoms with E-state index >= 15 is 0 Å². The van der Waals surface area contributed by atoms with Gasteiger partial charge in [-0.15, -0.1) is 0 Å². The van der Waals surface area contributed by atoms with Crippen molar-refractivity contribution < 1.29 is 18.7 Å². The summed E-state index contributed by atoms with van der Waals surface area (Å²) >= 11 is 0. The smallest absolute Gasteiger partial charge is 0.254 e. The van der Waals surface area contributed by atoms with E-state index in [4.69, 9.17) is 4.74 Å². The van der Waals surface area contributed by atoms with Crippen LogP contribution in [0.25, 0.3) is 0 Å². The average Bonchev–Trinajstić information content (AvgIpc) is 2.53. The molecule has 1 saturated heterocycles. The van der Waals surface area contributed by atoms with Gasteiger partial charge in [0.1, 0.15) is 0 Å². The van der Waals surface area contributed by atoms with Crippen LogP contribution < -0.4 is 5.32 Å². The zero-order valence-electron chi connectivity index (χ0n) is 12.5. The Kier molecular flexibility index (Phi) is 5.83. The second-order valence-electron chi connectivity index (χ2n) is 5.23. The summed E-state index contributed by atoms with van der Waals surface area (Å²) in [4.78, 5) is 29.3. The normalized spacial score (nSPS) is 15.6. The van der Waals surface area contributed by atoms with Crippen LogP contribution in [0.4, 0.5) is 4.39 Å². The number of amides is 2. The monoisotopic (exact) mass is 309 g/mol.